The van der Waals surface area contributed by atoms with Gasteiger partial charge >= 0.3 is 6.18 Å². The van der Waals surface area contributed by atoms with Gasteiger partial charge in [-0.25, -0.2) is 4.98 Å². The molecule has 28 heavy (non-hydrogen) atoms. The Labute approximate surface area is 169 Å². The molecule has 0 aliphatic carbocycles. The van der Waals surface area contributed by atoms with E-state index >= 15 is 0 Å². The van der Waals surface area contributed by atoms with Crippen molar-refractivity contribution < 1.29 is 17.9 Å². The van der Waals surface area contributed by atoms with Gasteiger partial charge < -0.3 is 4.74 Å². The minimum Gasteiger partial charge on any atom is -0.439 e. The third-order valence-electron chi connectivity index (χ3n) is 3.78. The number of nitrogens with zero attached hydrogens (tertiary/aromatic N) is 2. The number of hydrogen-bond donors (Lipinski definition) is 0. The first-order chi connectivity index (χ1) is 13.3. The number of aromatic nitrogens is 2. The van der Waals surface area contributed by atoms with Gasteiger partial charge in [-0.2, -0.15) is 18.2 Å². The maximum absolute atomic E-state index is 12.7. The van der Waals surface area contributed by atoms with Crippen molar-refractivity contribution in [3.05, 3.63) is 76.4 Å². The predicted octanol–water partition coefficient (Wildman–Crippen LogP) is 6.80. The van der Waals surface area contributed by atoms with Crippen molar-refractivity contribution in [3.63, 3.8) is 0 Å². The molecule has 3 nitrogen and oxygen atoms in total. The SMILES string of the molecule is CCc1cc(Oc2ccc(Cl)cc2)nc(SCc2ccc(C(F)(F)F)cc2)n1. The van der Waals surface area contributed by atoms with Gasteiger partial charge in [0.15, 0.2) is 5.16 Å². The topological polar surface area (TPSA) is 35.0 Å². The molecule has 0 unspecified atom stereocenters. The van der Waals surface area contributed by atoms with Crippen LogP contribution in [-0.4, -0.2) is 9.97 Å². The molecular formula is C20H16ClF3N2OS. The second-order valence-corrected chi connectivity index (χ2v) is 7.25. The molecule has 0 atom stereocenters. The summed E-state index contributed by atoms with van der Waals surface area (Å²) in [6.45, 7) is 1.97. The van der Waals surface area contributed by atoms with Crippen LogP contribution in [-0.2, 0) is 18.3 Å². The lowest BCUT2D eigenvalue weighted by Gasteiger charge is -2.09. The molecule has 0 saturated heterocycles. The van der Waals surface area contributed by atoms with Crippen molar-refractivity contribution in [2.45, 2.75) is 30.4 Å². The van der Waals surface area contributed by atoms with Gasteiger partial charge in [0.2, 0.25) is 5.88 Å². The Kier molecular flexibility index (Phi) is 6.46. The number of alkyl halides is 3. The number of aryl methyl sites for hydroxylation is 1. The zero-order valence-electron chi connectivity index (χ0n) is 14.8. The van der Waals surface area contributed by atoms with E-state index in [9.17, 15) is 13.2 Å². The van der Waals surface area contributed by atoms with E-state index < -0.39 is 11.7 Å². The Hall–Kier alpha value is -2.25. The fourth-order valence-corrected chi connectivity index (χ4v) is 3.26. The van der Waals surface area contributed by atoms with Crippen LogP contribution in [0.4, 0.5) is 13.2 Å². The van der Waals surface area contributed by atoms with E-state index in [2.05, 4.69) is 9.97 Å². The molecule has 0 spiro atoms. The highest BCUT2D eigenvalue weighted by atomic mass is 35.5. The van der Waals surface area contributed by atoms with E-state index in [0.717, 1.165) is 23.4 Å². The van der Waals surface area contributed by atoms with Gasteiger partial charge in [-0.1, -0.05) is 42.4 Å². The van der Waals surface area contributed by atoms with E-state index in [1.54, 1.807) is 30.3 Å². The van der Waals surface area contributed by atoms with E-state index in [4.69, 9.17) is 16.3 Å². The molecule has 1 heterocycles. The fourth-order valence-electron chi connectivity index (χ4n) is 2.31. The van der Waals surface area contributed by atoms with Crippen LogP contribution in [0.5, 0.6) is 11.6 Å². The molecule has 0 radical (unpaired) electrons. The van der Waals surface area contributed by atoms with Crippen LogP contribution in [0.1, 0.15) is 23.7 Å². The standard InChI is InChI=1S/C20H16ClF3N2OS/c1-2-16-11-18(27-17-9-7-15(21)8-10-17)26-19(25-16)28-12-13-3-5-14(6-4-13)20(22,23)24/h3-11H,2,12H2,1H3. The first-order valence-corrected chi connectivity index (χ1v) is 9.80. The summed E-state index contributed by atoms with van der Waals surface area (Å²) in [5.41, 5.74) is 0.904. The first kappa shape index (κ1) is 20.5. The van der Waals surface area contributed by atoms with Crippen molar-refractivity contribution in [1.82, 2.24) is 9.97 Å². The summed E-state index contributed by atoms with van der Waals surface area (Å²) in [4.78, 5) is 8.84. The number of halogens is 4. The van der Waals surface area contributed by atoms with Crippen molar-refractivity contribution in [2.24, 2.45) is 0 Å². The summed E-state index contributed by atoms with van der Waals surface area (Å²) in [6, 6.07) is 13.8. The van der Waals surface area contributed by atoms with Crippen molar-refractivity contribution >= 4 is 23.4 Å². The molecule has 0 fully saturated rings. The lowest BCUT2D eigenvalue weighted by Crippen LogP contribution is -2.04. The van der Waals surface area contributed by atoms with Gasteiger partial charge in [0.05, 0.1) is 5.56 Å². The third kappa shape index (κ3) is 5.62. The van der Waals surface area contributed by atoms with Gasteiger partial charge in [-0.15, -0.1) is 0 Å². The molecule has 8 heteroatoms. The predicted molar refractivity (Wildman–Crippen MR) is 104 cm³/mol. The average molecular weight is 425 g/mol. The lowest BCUT2D eigenvalue weighted by molar-refractivity contribution is -0.137. The summed E-state index contributed by atoms with van der Waals surface area (Å²) in [7, 11) is 0. The lowest BCUT2D eigenvalue weighted by atomic mass is 10.1. The first-order valence-electron chi connectivity index (χ1n) is 8.44. The van der Waals surface area contributed by atoms with Crippen LogP contribution in [0, 0.1) is 0 Å². The molecule has 0 amide bonds. The van der Waals surface area contributed by atoms with Crippen LogP contribution >= 0.6 is 23.4 Å². The maximum atomic E-state index is 12.7. The average Bonchev–Trinajstić information content (AvgIpc) is 2.67. The third-order valence-corrected chi connectivity index (χ3v) is 4.95. The Bertz CT molecular complexity index is 932. The van der Waals surface area contributed by atoms with Crippen molar-refractivity contribution in [3.8, 4) is 11.6 Å². The van der Waals surface area contributed by atoms with Crippen molar-refractivity contribution in [1.29, 1.82) is 0 Å². The van der Waals surface area contributed by atoms with Gasteiger partial charge in [0.1, 0.15) is 5.75 Å². The number of ether oxygens (including phenoxy) is 1. The molecule has 3 rings (SSSR count). The van der Waals surface area contributed by atoms with Crippen LogP contribution in [0.25, 0.3) is 0 Å². The van der Waals surface area contributed by atoms with E-state index in [1.807, 2.05) is 6.92 Å². The molecule has 1 aromatic heterocycles. The zero-order valence-corrected chi connectivity index (χ0v) is 16.4. The van der Waals surface area contributed by atoms with Gasteiger partial charge in [0, 0.05) is 22.5 Å². The van der Waals surface area contributed by atoms with Gasteiger partial charge in [0.25, 0.3) is 0 Å². The highest BCUT2D eigenvalue weighted by Gasteiger charge is 2.29. The summed E-state index contributed by atoms with van der Waals surface area (Å²) < 4.78 is 43.7. The zero-order chi connectivity index (χ0) is 20.1. The molecule has 0 saturated carbocycles. The largest absolute Gasteiger partial charge is 0.439 e. The Morgan fingerprint density at radius 3 is 2.29 bits per heavy atom. The maximum Gasteiger partial charge on any atom is 0.416 e. The fraction of sp³-hybridized carbons (Fsp3) is 0.200. The van der Waals surface area contributed by atoms with E-state index in [-0.39, 0.29) is 0 Å². The van der Waals surface area contributed by atoms with Crippen LogP contribution in [0.15, 0.2) is 59.8 Å². The number of benzene rings is 2. The normalized spacial score (nSPS) is 11.5. The molecular weight excluding hydrogens is 409 g/mol. The van der Waals surface area contributed by atoms with Crippen molar-refractivity contribution in [2.75, 3.05) is 0 Å². The van der Waals surface area contributed by atoms with E-state index in [1.165, 1.54) is 23.9 Å². The Morgan fingerprint density at radius 2 is 1.68 bits per heavy atom. The summed E-state index contributed by atoms with van der Waals surface area (Å²) >= 11 is 7.21. The monoisotopic (exact) mass is 424 g/mol. The highest BCUT2D eigenvalue weighted by Crippen LogP contribution is 2.30. The number of rotatable bonds is 6. The molecule has 3 aromatic rings. The Morgan fingerprint density at radius 1 is 1.00 bits per heavy atom. The summed E-state index contributed by atoms with van der Waals surface area (Å²) in [6.07, 6.45) is -3.63. The second kappa shape index (κ2) is 8.84. The van der Waals surface area contributed by atoms with E-state index in [0.29, 0.717) is 34.0 Å². The van der Waals surface area contributed by atoms with Crippen LogP contribution in [0.3, 0.4) is 0 Å². The Balaban J connectivity index is 1.71. The molecule has 146 valence electrons. The quantitative estimate of drug-likeness (QED) is 0.322. The molecule has 2 aromatic carbocycles. The number of thioether (sulfide) groups is 1. The second-order valence-electron chi connectivity index (χ2n) is 5.87. The molecule has 0 aliphatic heterocycles. The minimum absolute atomic E-state index is 0.407. The molecule has 0 N–H and O–H groups in total. The summed E-state index contributed by atoms with van der Waals surface area (Å²) in [5.74, 6) is 1.46. The number of hydrogen-bond acceptors (Lipinski definition) is 4. The molecule has 0 bridgehead atoms. The smallest absolute Gasteiger partial charge is 0.416 e. The highest BCUT2D eigenvalue weighted by molar-refractivity contribution is 7.98. The van der Waals surface area contributed by atoms with Crippen LogP contribution < -0.4 is 4.74 Å². The van der Waals surface area contributed by atoms with Crippen LogP contribution in [0.2, 0.25) is 5.02 Å². The molecule has 0 aliphatic rings. The van der Waals surface area contributed by atoms with Gasteiger partial charge in [-0.05, 0) is 48.4 Å². The summed E-state index contributed by atoms with van der Waals surface area (Å²) in [5, 5.41) is 1.11. The van der Waals surface area contributed by atoms with Gasteiger partial charge in [-0.3, -0.25) is 0 Å². The minimum atomic E-state index is -4.34.